The van der Waals surface area contributed by atoms with Gasteiger partial charge in [-0.1, -0.05) is 36.4 Å². The van der Waals surface area contributed by atoms with Crippen LogP contribution in [0.4, 0.5) is 0 Å². The second-order valence-electron chi connectivity index (χ2n) is 7.82. The van der Waals surface area contributed by atoms with Crippen LogP contribution in [0, 0.1) is 0 Å². The molecule has 2 aromatic heterocycles. The van der Waals surface area contributed by atoms with Gasteiger partial charge in [0.05, 0.1) is 19.3 Å². The fourth-order valence-electron chi connectivity index (χ4n) is 3.70. The van der Waals surface area contributed by atoms with Gasteiger partial charge in [-0.2, -0.15) is 5.10 Å². The number of carbonyl (C=O) groups excluding carboxylic acids is 2. The number of pyridine rings is 1. The first kappa shape index (κ1) is 21.6. The van der Waals surface area contributed by atoms with E-state index in [1.165, 1.54) is 17.3 Å². The Morgan fingerprint density at radius 2 is 1.94 bits per heavy atom. The maximum atomic E-state index is 13.2. The Morgan fingerprint density at radius 1 is 1.12 bits per heavy atom. The van der Waals surface area contributed by atoms with Gasteiger partial charge in [0.15, 0.2) is 0 Å². The normalized spacial score (nSPS) is 17.8. The largest absolute Gasteiger partial charge is 0.370 e. The average Bonchev–Trinajstić information content (AvgIpc) is 3.31. The Bertz CT molecular complexity index is 1010. The van der Waals surface area contributed by atoms with Crippen molar-refractivity contribution in [3.8, 4) is 0 Å². The zero-order chi connectivity index (χ0) is 22.3. The summed E-state index contributed by atoms with van der Waals surface area (Å²) in [6.07, 6.45) is 6.01. The van der Waals surface area contributed by atoms with E-state index in [4.69, 9.17) is 4.74 Å². The lowest BCUT2D eigenvalue weighted by atomic mass is 10.2. The molecule has 32 heavy (non-hydrogen) atoms. The molecule has 1 fully saturated rings. The quantitative estimate of drug-likeness (QED) is 0.562. The van der Waals surface area contributed by atoms with Crippen LogP contribution in [-0.4, -0.2) is 67.1 Å². The molecule has 2 amide bonds. The number of carbonyl (C=O) groups is 2. The molecule has 0 saturated carbocycles. The molecule has 3 aromatic rings. The molecule has 4 rings (SSSR count). The fraction of sp³-hybridized carbons (Fsp3) is 0.348. The monoisotopic (exact) mass is 434 g/mol. The van der Waals surface area contributed by atoms with Crippen molar-refractivity contribution in [1.29, 1.82) is 0 Å². The average molecular weight is 435 g/mol. The SMILES string of the molecule is CC(C(=O)N1CC(=O)N(Cc2ccccc2)CC(OCc2cccnc2)C1)n1cncn1. The first-order valence-electron chi connectivity index (χ1n) is 10.6. The summed E-state index contributed by atoms with van der Waals surface area (Å²) in [5.74, 6) is -0.305. The first-order chi connectivity index (χ1) is 15.6. The van der Waals surface area contributed by atoms with Gasteiger partial charge >= 0.3 is 0 Å². The summed E-state index contributed by atoms with van der Waals surface area (Å²) in [5, 5.41) is 4.06. The summed E-state index contributed by atoms with van der Waals surface area (Å²) in [5.41, 5.74) is 1.97. The van der Waals surface area contributed by atoms with E-state index in [1.54, 1.807) is 29.1 Å². The van der Waals surface area contributed by atoms with E-state index in [9.17, 15) is 9.59 Å². The van der Waals surface area contributed by atoms with Crippen LogP contribution in [0.3, 0.4) is 0 Å². The minimum absolute atomic E-state index is 0.00252. The van der Waals surface area contributed by atoms with Crippen molar-refractivity contribution in [3.63, 3.8) is 0 Å². The fourth-order valence-corrected chi connectivity index (χ4v) is 3.70. The van der Waals surface area contributed by atoms with Crippen molar-refractivity contribution < 1.29 is 14.3 Å². The van der Waals surface area contributed by atoms with Gasteiger partial charge in [0.1, 0.15) is 18.7 Å². The maximum Gasteiger partial charge on any atom is 0.247 e. The third-order valence-electron chi connectivity index (χ3n) is 5.45. The molecular formula is C23H26N6O3. The van der Waals surface area contributed by atoms with Gasteiger partial charge < -0.3 is 14.5 Å². The van der Waals surface area contributed by atoms with Crippen LogP contribution in [0.2, 0.25) is 0 Å². The van der Waals surface area contributed by atoms with Crippen LogP contribution in [0.5, 0.6) is 0 Å². The van der Waals surface area contributed by atoms with Crippen molar-refractivity contribution in [2.75, 3.05) is 19.6 Å². The summed E-state index contributed by atoms with van der Waals surface area (Å²) in [4.78, 5) is 37.6. The second-order valence-corrected chi connectivity index (χ2v) is 7.82. The van der Waals surface area contributed by atoms with E-state index in [2.05, 4.69) is 15.1 Å². The predicted octanol–water partition coefficient (Wildman–Crippen LogP) is 1.69. The van der Waals surface area contributed by atoms with Crippen molar-refractivity contribution in [2.45, 2.75) is 32.2 Å². The molecule has 0 bridgehead atoms. The number of ether oxygens (including phenoxy) is 1. The van der Waals surface area contributed by atoms with Crippen molar-refractivity contribution in [1.82, 2.24) is 29.5 Å². The van der Waals surface area contributed by atoms with E-state index in [0.29, 0.717) is 26.2 Å². The molecular weight excluding hydrogens is 408 g/mol. The highest BCUT2D eigenvalue weighted by molar-refractivity contribution is 5.87. The summed E-state index contributed by atoms with van der Waals surface area (Å²) in [6.45, 7) is 3.28. The summed E-state index contributed by atoms with van der Waals surface area (Å²) in [6, 6.07) is 13.0. The first-order valence-corrected chi connectivity index (χ1v) is 10.6. The summed E-state index contributed by atoms with van der Waals surface area (Å²) < 4.78 is 7.64. The van der Waals surface area contributed by atoms with E-state index >= 15 is 0 Å². The molecule has 9 heteroatoms. The van der Waals surface area contributed by atoms with Crippen molar-refractivity contribution in [3.05, 3.63) is 78.6 Å². The van der Waals surface area contributed by atoms with Crippen molar-refractivity contribution >= 4 is 11.8 Å². The molecule has 2 atom stereocenters. The Kier molecular flexibility index (Phi) is 6.86. The van der Waals surface area contributed by atoms with Gasteiger partial charge in [0.2, 0.25) is 11.8 Å². The molecule has 0 N–H and O–H groups in total. The zero-order valence-corrected chi connectivity index (χ0v) is 17.9. The van der Waals surface area contributed by atoms with Crippen LogP contribution in [-0.2, 0) is 27.5 Å². The Hall–Kier alpha value is -3.59. The number of benzene rings is 1. The van der Waals surface area contributed by atoms with Gasteiger partial charge in [-0.3, -0.25) is 14.6 Å². The molecule has 166 valence electrons. The van der Waals surface area contributed by atoms with Crippen LogP contribution in [0.1, 0.15) is 24.1 Å². The third-order valence-corrected chi connectivity index (χ3v) is 5.45. The van der Waals surface area contributed by atoms with Crippen LogP contribution >= 0.6 is 0 Å². The van der Waals surface area contributed by atoms with Gasteiger partial charge in [0.25, 0.3) is 0 Å². The standard InChI is InChI=1S/C23H26N6O3/c1-18(29-17-25-16-26-29)23(31)28-13-21(32-15-20-8-5-9-24-10-20)12-27(22(30)14-28)11-19-6-3-2-4-7-19/h2-10,16-18,21H,11-15H2,1H3. The highest BCUT2D eigenvalue weighted by Gasteiger charge is 2.33. The van der Waals surface area contributed by atoms with Gasteiger partial charge in [0, 0.05) is 32.0 Å². The van der Waals surface area contributed by atoms with E-state index in [1.807, 2.05) is 42.5 Å². The van der Waals surface area contributed by atoms with Gasteiger partial charge in [-0.05, 0) is 24.1 Å². The van der Waals surface area contributed by atoms with Crippen LogP contribution in [0.25, 0.3) is 0 Å². The van der Waals surface area contributed by atoms with E-state index in [-0.39, 0.29) is 24.5 Å². The third kappa shape index (κ3) is 5.36. The minimum Gasteiger partial charge on any atom is -0.370 e. The Morgan fingerprint density at radius 3 is 2.66 bits per heavy atom. The number of amides is 2. The zero-order valence-electron chi connectivity index (χ0n) is 17.9. The van der Waals surface area contributed by atoms with E-state index < -0.39 is 6.04 Å². The molecule has 1 aromatic carbocycles. The Balaban J connectivity index is 1.51. The lowest BCUT2D eigenvalue weighted by Crippen LogP contribution is -2.43. The molecule has 1 aliphatic heterocycles. The summed E-state index contributed by atoms with van der Waals surface area (Å²) in [7, 11) is 0. The summed E-state index contributed by atoms with van der Waals surface area (Å²) >= 11 is 0. The van der Waals surface area contributed by atoms with Crippen LogP contribution in [0.15, 0.2) is 67.5 Å². The maximum absolute atomic E-state index is 13.2. The van der Waals surface area contributed by atoms with Crippen molar-refractivity contribution in [2.24, 2.45) is 0 Å². The van der Waals surface area contributed by atoms with Crippen LogP contribution < -0.4 is 0 Å². The number of hydrogen-bond acceptors (Lipinski definition) is 6. The Labute approximate surface area is 186 Å². The molecule has 0 radical (unpaired) electrons. The van der Waals surface area contributed by atoms with Gasteiger partial charge in [-0.25, -0.2) is 9.67 Å². The predicted molar refractivity (Wildman–Crippen MR) is 116 cm³/mol. The smallest absolute Gasteiger partial charge is 0.247 e. The molecule has 2 unspecified atom stereocenters. The van der Waals surface area contributed by atoms with E-state index in [0.717, 1.165) is 11.1 Å². The number of rotatable bonds is 7. The molecule has 1 aliphatic rings. The minimum atomic E-state index is -0.565. The highest BCUT2D eigenvalue weighted by atomic mass is 16.5. The number of hydrogen-bond donors (Lipinski definition) is 0. The molecule has 0 spiro atoms. The lowest BCUT2D eigenvalue weighted by Gasteiger charge is -2.26. The number of nitrogens with zero attached hydrogens (tertiary/aromatic N) is 6. The second kappa shape index (κ2) is 10.1. The molecule has 1 saturated heterocycles. The number of aromatic nitrogens is 4. The van der Waals surface area contributed by atoms with Gasteiger partial charge in [-0.15, -0.1) is 0 Å². The highest BCUT2D eigenvalue weighted by Crippen LogP contribution is 2.17. The molecule has 9 nitrogen and oxygen atoms in total. The molecule has 3 heterocycles. The molecule has 0 aliphatic carbocycles. The lowest BCUT2D eigenvalue weighted by molar-refractivity contribution is -0.141. The topological polar surface area (TPSA) is 93.5 Å².